The molecule has 7 heteroatoms. The Morgan fingerprint density at radius 1 is 1.13 bits per heavy atom. The maximum Gasteiger partial charge on any atom is 0.402 e. The average Bonchev–Trinajstić information content (AvgIpc) is 2.03. The highest BCUT2D eigenvalue weighted by Crippen LogP contribution is 2.08. The van der Waals surface area contributed by atoms with Crippen LogP contribution < -0.4 is 11.5 Å². The SMILES string of the molecule is Cl.NC(=O)O.Nc1ccccc1C(=O)O. The van der Waals surface area contributed by atoms with Gasteiger partial charge in [0.25, 0.3) is 0 Å². The number of para-hydroxylation sites is 1. The summed E-state index contributed by atoms with van der Waals surface area (Å²) in [6, 6.07) is 6.36. The molecular weight excluding hydrogens is 224 g/mol. The van der Waals surface area contributed by atoms with Crippen LogP contribution in [0, 0.1) is 0 Å². The molecule has 0 heterocycles. The molecule has 0 bridgehead atoms. The number of carboxylic acid groups (broad SMARTS) is 2. The van der Waals surface area contributed by atoms with Crippen molar-refractivity contribution < 1.29 is 19.8 Å². The molecule has 1 aromatic rings. The predicted octanol–water partition coefficient (Wildman–Crippen LogP) is 1.01. The second kappa shape index (κ2) is 7.45. The lowest BCUT2D eigenvalue weighted by Gasteiger charge is -1.96. The average molecular weight is 235 g/mol. The normalized spacial score (nSPS) is 7.73. The highest BCUT2D eigenvalue weighted by atomic mass is 35.5. The Bertz CT molecular complexity index is 339. The van der Waals surface area contributed by atoms with E-state index in [-0.39, 0.29) is 18.0 Å². The maximum absolute atomic E-state index is 10.3. The molecule has 84 valence electrons. The molecule has 0 aliphatic heterocycles. The van der Waals surface area contributed by atoms with Crippen molar-refractivity contribution in [2.24, 2.45) is 5.73 Å². The van der Waals surface area contributed by atoms with Crippen molar-refractivity contribution in [3.63, 3.8) is 0 Å². The van der Waals surface area contributed by atoms with Gasteiger partial charge in [-0.25, -0.2) is 9.59 Å². The number of hydrogen-bond donors (Lipinski definition) is 4. The van der Waals surface area contributed by atoms with Crippen molar-refractivity contribution in [1.82, 2.24) is 0 Å². The Hall–Kier alpha value is -1.95. The van der Waals surface area contributed by atoms with Crippen LogP contribution in [0.15, 0.2) is 24.3 Å². The minimum absolute atomic E-state index is 0. The summed E-state index contributed by atoms with van der Waals surface area (Å²) in [5, 5.41) is 15.7. The first kappa shape index (κ1) is 15.5. The first-order valence-electron chi connectivity index (χ1n) is 3.51. The van der Waals surface area contributed by atoms with Crippen LogP contribution in [0.4, 0.5) is 10.5 Å². The molecule has 0 radical (unpaired) electrons. The Morgan fingerprint density at radius 2 is 1.53 bits per heavy atom. The molecule has 0 atom stereocenters. The standard InChI is InChI=1S/C7H7NO2.CH3NO2.ClH/c8-6-4-2-1-3-5(6)7(9)10;2-1(3)4;/h1-4H,8H2,(H,9,10);2H2,(H,3,4);1H. The Labute approximate surface area is 91.9 Å². The molecule has 6 nitrogen and oxygen atoms in total. The zero-order valence-corrected chi connectivity index (χ0v) is 8.40. The molecule has 6 N–H and O–H groups in total. The topological polar surface area (TPSA) is 127 Å². The fourth-order valence-electron chi connectivity index (χ4n) is 0.692. The fraction of sp³-hybridized carbons (Fsp3) is 0. The van der Waals surface area contributed by atoms with Crippen LogP contribution in [-0.2, 0) is 0 Å². The first-order chi connectivity index (χ1) is 6.45. The van der Waals surface area contributed by atoms with E-state index in [4.69, 9.17) is 20.7 Å². The first-order valence-corrected chi connectivity index (χ1v) is 3.51. The van der Waals surface area contributed by atoms with E-state index in [0.29, 0.717) is 5.69 Å². The molecule has 0 spiro atoms. The Morgan fingerprint density at radius 3 is 1.80 bits per heavy atom. The van der Waals surface area contributed by atoms with Crippen LogP contribution in [0.2, 0.25) is 0 Å². The number of nitrogen functional groups attached to an aromatic ring is 1. The van der Waals surface area contributed by atoms with Crippen LogP contribution >= 0.6 is 12.4 Å². The summed E-state index contributed by atoms with van der Waals surface area (Å²) in [6.45, 7) is 0. The number of rotatable bonds is 1. The van der Waals surface area contributed by atoms with Crippen LogP contribution in [0.1, 0.15) is 10.4 Å². The number of halogens is 1. The monoisotopic (exact) mass is 234 g/mol. The number of amides is 1. The van der Waals surface area contributed by atoms with Crippen LogP contribution in [0.5, 0.6) is 0 Å². The van der Waals surface area contributed by atoms with E-state index in [1.165, 1.54) is 6.07 Å². The molecule has 1 amide bonds. The minimum Gasteiger partial charge on any atom is -0.478 e. The van der Waals surface area contributed by atoms with E-state index in [2.05, 4.69) is 5.73 Å². The number of hydrogen-bond acceptors (Lipinski definition) is 3. The Kier molecular flexibility index (Phi) is 7.71. The second-order valence-corrected chi connectivity index (χ2v) is 2.23. The van der Waals surface area contributed by atoms with Gasteiger partial charge in [0.15, 0.2) is 0 Å². The summed E-state index contributed by atoms with van der Waals surface area (Å²) < 4.78 is 0. The summed E-state index contributed by atoms with van der Waals surface area (Å²) in [5.74, 6) is -0.988. The number of carbonyl (C=O) groups is 2. The van der Waals surface area contributed by atoms with Gasteiger partial charge in [0.05, 0.1) is 5.56 Å². The summed E-state index contributed by atoms with van der Waals surface area (Å²) >= 11 is 0. The third kappa shape index (κ3) is 7.15. The zero-order valence-electron chi connectivity index (χ0n) is 7.58. The van der Waals surface area contributed by atoms with Gasteiger partial charge in [-0.3, -0.25) is 0 Å². The second-order valence-electron chi connectivity index (χ2n) is 2.23. The summed E-state index contributed by atoms with van der Waals surface area (Å²) in [5.41, 5.74) is 9.82. The van der Waals surface area contributed by atoms with E-state index in [0.717, 1.165) is 0 Å². The van der Waals surface area contributed by atoms with E-state index < -0.39 is 12.1 Å². The largest absolute Gasteiger partial charge is 0.478 e. The van der Waals surface area contributed by atoms with E-state index in [9.17, 15) is 4.79 Å². The third-order valence-electron chi connectivity index (χ3n) is 1.19. The maximum atomic E-state index is 10.3. The number of aromatic carboxylic acids is 1. The van der Waals surface area contributed by atoms with E-state index >= 15 is 0 Å². The van der Waals surface area contributed by atoms with Gasteiger partial charge in [-0.05, 0) is 12.1 Å². The zero-order chi connectivity index (χ0) is 11.1. The molecule has 0 aliphatic carbocycles. The molecule has 0 unspecified atom stereocenters. The van der Waals surface area contributed by atoms with Gasteiger partial charge >= 0.3 is 12.1 Å². The highest BCUT2D eigenvalue weighted by Gasteiger charge is 2.03. The van der Waals surface area contributed by atoms with Crippen molar-refractivity contribution in [3.05, 3.63) is 29.8 Å². The third-order valence-corrected chi connectivity index (χ3v) is 1.19. The summed E-state index contributed by atoms with van der Waals surface area (Å²) in [4.78, 5) is 19.1. The van der Waals surface area contributed by atoms with Gasteiger partial charge in [-0.15, -0.1) is 12.4 Å². The number of nitrogens with two attached hydrogens (primary N) is 2. The Balaban J connectivity index is 0. The smallest absolute Gasteiger partial charge is 0.402 e. The molecule has 15 heavy (non-hydrogen) atoms. The summed E-state index contributed by atoms with van der Waals surface area (Å²) in [7, 11) is 0. The number of carboxylic acids is 1. The van der Waals surface area contributed by atoms with E-state index in [1.54, 1.807) is 18.2 Å². The van der Waals surface area contributed by atoms with Gasteiger partial charge in [-0.2, -0.15) is 0 Å². The number of benzene rings is 1. The van der Waals surface area contributed by atoms with Gasteiger partial charge < -0.3 is 21.7 Å². The van der Waals surface area contributed by atoms with Crippen molar-refractivity contribution in [2.45, 2.75) is 0 Å². The predicted molar refractivity (Wildman–Crippen MR) is 57.3 cm³/mol. The van der Waals surface area contributed by atoms with Crippen LogP contribution in [-0.4, -0.2) is 22.3 Å². The van der Waals surface area contributed by atoms with Crippen LogP contribution in [0.25, 0.3) is 0 Å². The molecule has 0 saturated heterocycles. The lowest BCUT2D eigenvalue weighted by atomic mass is 10.2. The van der Waals surface area contributed by atoms with Gasteiger partial charge in [-0.1, -0.05) is 12.1 Å². The molecule has 1 rings (SSSR count). The quantitative estimate of drug-likeness (QED) is 0.540. The molecule has 1 aromatic carbocycles. The molecule has 0 fully saturated rings. The van der Waals surface area contributed by atoms with Gasteiger partial charge in [0.2, 0.25) is 0 Å². The molecular formula is C8H11ClN2O4. The van der Waals surface area contributed by atoms with Gasteiger partial charge in [0, 0.05) is 5.69 Å². The molecule has 0 aliphatic rings. The van der Waals surface area contributed by atoms with Crippen molar-refractivity contribution >= 4 is 30.2 Å². The van der Waals surface area contributed by atoms with Crippen LogP contribution in [0.3, 0.4) is 0 Å². The lowest BCUT2D eigenvalue weighted by Crippen LogP contribution is -2.03. The molecule has 0 saturated carbocycles. The number of anilines is 1. The highest BCUT2D eigenvalue weighted by molar-refractivity contribution is 5.93. The minimum atomic E-state index is -1.33. The van der Waals surface area contributed by atoms with Gasteiger partial charge in [0.1, 0.15) is 0 Å². The summed E-state index contributed by atoms with van der Waals surface area (Å²) in [6.07, 6.45) is -1.33. The number of primary amides is 1. The van der Waals surface area contributed by atoms with Crippen molar-refractivity contribution in [3.8, 4) is 0 Å². The van der Waals surface area contributed by atoms with Crippen molar-refractivity contribution in [1.29, 1.82) is 0 Å². The van der Waals surface area contributed by atoms with Crippen molar-refractivity contribution in [2.75, 3.05) is 5.73 Å². The lowest BCUT2D eigenvalue weighted by molar-refractivity contribution is 0.0698. The fourth-order valence-corrected chi connectivity index (χ4v) is 0.692. The van der Waals surface area contributed by atoms with E-state index in [1.807, 2.05) is 0 Å². The molecule has 0 aromatic heterocycles.